The molecule has 1 aliphatic carbocycles. The minimum absolute atomic E-state index is 0.00980. The van der Waals surface area contributed by atoms with E-state index in [9.17, 15) is 9.59 Å². The van der Waals surface area contributed by atoms with Gasteiger partial charge in [-0.25, -0.2) is 0 Å². The van der Waals surface area contributed by atoms with E-state index < -0.39 is 0 Å². The Labute approximate surface area is 131 Å². The van der Waals surface area contributed by atoms with Crippen LogP contribution in [-0.4, -0.2) is 24.4 Å². The van der Waals surface area contributed by atoms with Crippen molar-refractivity contribution in [3.05, 3.63) is 24.3 Å². The zero-order valence-electron chi connectivity index (χ0n) is 13.2. The van der Waals surface area contributed by atoms with Crippen LogP contribution in [0.5, 0.6) is 0 Å². The van der Waals surface area contributed by atoms with Crippen LogP contribution in [0.2, 0.25) is 0 Å². The Hall–Kier alpha value is -1.88. The summed E-state index contributed by atoms with van der Waals surface area (Å²) in [5.74, 6) is -0.0961. The van der Waals surface area contributed by atoms with Gasteiger partial charge in [-0.1, -0.05) is 19.3 Å². The summed E-state index contributed by atoms with van der Waals surface area (Å²) in [5.41, 5.74) is 1.47. The van der Waals surface area contributed by atoms with Crippen LogP contribution in [0.3, 0.4) is 0 Å². The number of anilines is 2. The molecule has 0 spiro atoms. The van der Waals surface area contributed by atoms with Gasteiger partial charge in [-0.3, -0.25) is 9.59 Å². The van der Waals surface area contributed by atoms with Crippen molar-refractivity contribution in [1.29, 1.82) is 0 Å². The molecule has 1 fully saturated rings. The lowest BCUT2D eigenvalue weighted by atomic mass is 9.95. The number of rotatable bonds is 6. The fraction of sp³-hybridized carbons (Fsp3) is 0.529. The molecule has 0 heterocycles. The Balaban J connectivity index is 1.68. The molecule has 120 valence electrons. The fourth-order valence-electron chi connectivity index (χ4n) is 2.76. The number of carbonyl (C=O) groups excluding carboxylic acids is 2. The molecule has 1 aromatic rings. The predicted molar refractivity (Wildman–Crippen MR) is 88.9 cm³/mol. The van der Waals surface area contributed by atoms with Crippen LogP contribution in [-0.2, 0) is 9.59 Å². The predicted octanol–water partition coefficient (Wildman–Crippen LogP) is 2.90. The smallest absolute Gasteiger partial charge is 0.225 e. The van der Waals surface area contributed by atoms with Gasteiger partial charge in [-0.05, 0) is 37.1 Å². The molecular formula is C17H25N3O2. The molecule has 3 N–H and O–H groups in total. The van der Waals surface area contributed by atoms with Crippen LogP contribution in [0.25, 0.3) is 0 Å². The third kappa shape index (κ3) is 5.85. The van der Waals surface area contributed by atoms with Crippen molar-refractivity contribution in [2.45, 2.75) is 51.5 Å². The molecule has 0 aromatic heterocycles. The maximum absolute atomic E-state index is 11.9. The molecule has 2 amide bonds. The Bertz CT molecular complexity index is 493. The van der Waals surface area contributed by atoms with Crippen molar-refractivity contribution < 1.29 is 9.59 Å². The highest BCUT2D eigenvalue weighted by atomic mass is 16.2. The Morgan fingerprint density at radius 3 is 2.18 bits per heavy atom. The quantitative estimate of drug-likeness (QED) is 0.757. The summed E-state index contributed by atoms with van der Waals surface area (Å²) < 4.78 is 0. The number of nitrogens with one attached hydrogen (secondary N) is 3. The van der Waals surface area contributed by atoms with Crippen LogP contribution < -0.4 is 16.0 Å². The zero-order valence-corrected chi connectivity index (χ0v) is 13.2. The monoisotopic (exact) mass is 303 g/mol. The molecule has 1 aromatic carbocycles. The molecule has 1 aliphatic rings. The molecule has 5 nitrogen and oxygen atoms in total. The van der Waals surface area contributed by atoms with Gasteiger partial charge in [0, 0.05) is 37.3 Å². The van der Waals surface area contributed by atoms with Crippen molar-refractivity contribution >= 4 is 23.2 Å². The highest BCUT2D eigenvalue weighted by Crippen LogP contribution is 2.17. The minimum Gasteiger partial charge on any atom is -0.326 e. The number of carbonyl (C=O) groups is 2. The van der Waals surface area contributed by atoms with Gasteiger partial charge in [0.25, 0.3) is 0 Å². The summed E-state index contributed by atoms with van der Waals surface area (Å²) in [7, 11) is 0. The van der Waals surface area contributed by atoms with E-state index in [-0.39, 0.29) is 11.8 Å². The zero-order chi connectivity index (χ0) is 15.8. The van der Waals surface area contributed by atoms with Crippen molar-refractivity contribution in [3.8, 4) is 0 Å². The van der Waals surface area contributed by atoms with E-state index in [0.717, 1.165) is 17.9 Å². The van der Waals surface area contributed by atoms with E-state index in [1.54, 1.807) is 24.3 Å². The highest BCUT2D eigenvalue weighted by molar-refractivity contribution is 5.92. The van der Waals surface area contributed by atoms with Crippen LogP contribution in [0.4, 0.5) is 11.4 Å². The lowest BCUT2D eigenvalue weighted by Crippen LogP contribution is -2.33. The van der Waals surface area contributed by atoms with E-state index in [2.05, 4.69) is 16.0 Å². The maximum atomic E-state index is 11.9. The third-order valence-electron chi connectivity index (χ3n) is 3.88. The van der Waals surface area contributed by atoms with Gasteiger partial charge in [0.05, 0.1) is 0 Å². The third-order valence-corrected chi connectivity index (χ3v) is 3.88. The summed E-state index contributed by atoms with van der Waals surface area (Å²) in [5, 5.41) is 9.02. The van der Waals surface area contributed by atoms with Gasteiger partial charge in [-0.15, -0.1) is 0 Å². The van der Waals surface area contributed by atoms with Crippen molar-refractivity contribution in [2.75, 3.05) is 17.2 Å². The van der Waals surface area contributed by atoms with Gasteiger partial charge >= 0.3 is 0 Å². The molecular weight excluding hydrogens is 278 g/mol. The molecule has 0 saturated heterocycles. The second-order valence-electron chi connectivity index (χ2n) is 5.85. The van der Waals surface area contributed by atoms with Crippen molar-refractivity contribution in [1.82, 2.24) is 5.32 Å². The second kappa shape index (κ2) is 8.54. The van der Waals surface area contributed by atoms with E-state index in [4.69, 9.17) is 0 Å². The average molecular weight is 303 g/mol. The van der Waals surface area contributed by atoms with Gasteiger partial charge in [0.1, 0.15) is 0 Å². The van der Waals surface area contributed by atoms with E-state index in [1.807, 2.05) is 0 Å². The van der Waals surface area contributed by atoms with E-state index in [0.29, 0.717) is 12.5 Å². The van der Waals surface area contributed by atoms with Gasteiger partial charge < -0.3 is 16.0 Å². The number of hydrogen-bond acceptors (Lipinski definition) is 3. The Morgan fingerprint density at radius 2 is 1.59 bits per heavy atom. The SMILES string of the molecule is CC(=O)Nc1ccc(NC(=O)CCNC2CCCCC2)cc1. The first-order valence-corrected chi connectivity index (χ1v) is 8.04. The molecule has 1 saturated carbocycles. The number of benzene rings is 1. The van der Waals surface area contributed by atoms with Gasteiger partial charge in [0.15, 0.2) is 0 Å². The lowest BCUT2D eigenvalue weighted by molar-refractivity contribution is -0.116. The van der Waals surface area contributed by atoms with Crippen LogP contribution >= 0.6 is 0 Å². The second-order valence-corrected chi connectivity index (χ2v) is 5.85. The normalized spacial score (nSPS) is 15.3. The van der Waals surface area contributed by atoms with Gasteiger partial charge in [-0.2, -0.15) is 0 Å². The molecule has 0 aliphatic heterocycles. The summed E-state index contributed by atoms with van der Waals surface area (Å²) in [6.45, 7) is 2.19. The largest absolute Gasteiger partial charge is 0.326 e. The van der Waals surface area contributed by atoms with Crippen molar-refractivity contribution in [3.63, 3.8) is 0 Å². The first kappa shape index (κ1) is 16.5. The maximum Gasteiger partial charge on any atom is 0.225 e. The number of amides is 2. The first-order chi connectivity index (χ1) is 10.6. The van der Waals surface area contributed by atoms with Crippen LogP contribution in [0.15, 0.2) is 24.3 Å². The minimum atomic E-state index is -0.106. The van der Waals surface area contributed by atoms with Crippen LogP contribution in [0, 0.1) is 0 Å². The standard InChI is InChI=1S/C17H25N3O2/c1-13(21)19-15-7-9-16(10-8-15)20-17(22)11-12-18-14-5-3-2-4-6-14/h7-10,14,18H,2-6,11-12H2,1H3,(H,19,21)(H,20,22). The number of hydrogen-bond donors (Lipinski definition) is 3. The Morgan fingerprint density at radius 1 is 1.00 bits per heavy atom. The molecule has 0 bridgehead atoms. The van der Waals surface area contributed by atoms with Gasteiger partial charge in [0.2, 0.25) is 11.8 Å². The summed E-state index contributed by atoms with van der Waals surface area (Å²) >= 11 is 0. The molecule has 5 heteroatoms. The highest BCUT2D eigenvalue weighted by Gasteiger charge is 2.12. The molecule has 0 radical (unpaired) electrons. The summed E-state index contributed by atoms with van der Waals surface area (Å²) in [6.07, 6.45) is 6.87. The molecule has 0 atom stereocenters. The van der Waals surface area contributed by atoms with Crippen LogP contribution in [0.1, 0.15) is 45.4 Å². The Kier molecular flexibility index (Phi) is 6.40. The summed E-state index contributed by atoms with van der Waals surface area (Å²) in [6, 6.07) is 7.71. The molecule has 22 heavy (non-hydrogen) atoms. The topological polar surface area (TPSA) is 70.2 Å². The van der Waals surface area contributed by atoms with E-state index >= 15 is 0 Å². The first-order valence-electron chi connectivity index (χ1n) is 8.04. The average Bonchev–Trinajstić information content (AvgIpc) is 2.50. The van der Waals surface area contributed by atoms with E-state index in [1.165, 1.54) is 39.0 Å². The molecule has 2 rings (SSSR count). The molecule has 0 unspecified atom stereocenters. The van der Waals surface area contributed by atoms with Crippen molar-refractivity contribution in [2.24, 2.45) is 0 Å². The summed E-state index contributed by atoms with van der Waals surface area (Å²) in [4.78, 5) is 22.8. The fourth-order valence-corrected chi connectivity index (χ4v) is 2.76. The lowest BCUT2D eigenvalue weighted by Gasteiger charge is -2.22.